The van der Waals surface area contributed by atoms with Crippen molar-refractivity contribution < 1.29 is 9.66 Å². The summed E-state index contributed by atoms with van der Waals surface area (Å²) in [5.74, 6) is 0. The monoisotopic (exact) mass is 195 g/mol. The number of nitro groups is 1. The van der Waals surface area contributed by atoms with Crippen molar-refractivity contribution in [2.24, 2.45) is 0 Å². The molecule has 0 fully saturated rings. The van der Waals surface area contributed by atoms with Gasteiger partial charge in [-0.2, -0.15) is 0 Å². The quantitative estimate of drug-likeness (QED) is 0.298. The molecule has 0 aromatic heterocycles. The summed E-state index contributed by atoms with van der Waals surface area (Å²) >= 11 is 0. The lowest BCUT2D eigenvalue weighted by atomic mass is 10.0. The first-order valence-corrected chi connectivity index (χ1v) is 4.48. The van der Waals surface area contributed by atoms with Gasteiger partial charge in [0.05, 0.1) is 11.5 Å². The lowest BCUT2D eigenvalue weighted by molar-refractivity contribution is -0.420. The van der Waals surface area contributed by atoms with Crippen molar-refractivity contribution >= 4 is 0 Å². The van der Waals surface area contributed by atoms with Crippen LogP contribution in [0.15, 0.2) is 36.1 Å². The van der Waals surface area contributed by atoms with E-state index in [0.717, 1.165) is 0 Å². The molecule has 1 rings (SSSR count). The normalized spacial score (nSPS) is 21.9. The maximum absolute atomic E-state index is 10.7. The minimum atomic E-state index is -0.415. The lowest BCUT2D eigenvalue weighted by Gasteiger charge is -2.10. The van der Waals surface area contributed by atoms with E-state index in [0.29, 0.717) is 18.6 Å². The van der Waals surface area contributed by atoms with Gasteiger partial charge in [0.25, 0.3) is 5.70 Å². The van der Waals surface area contributed by atoms with E-state index in [4.69, 9.17) is 4.74 Å². The first-order chi connectivity index (χ1) is 6.70. The molecular weight excluding hydrogens is 182 g/mol. The number of hydrogen-bond donors (Lipinski definition) is 0. The molecule has 76 valence electrons. The van der Waals surface area contributed by atoms with Crippen LogP contribution in [-0.4, -0.2) is 17.6 Å². The first-order valence-electron chi connectivity index (χ1n) is 4.48. The van der Waals surface area contributed by atoms with Crippen LogP contribution >= 0.6 is 0 Å². The molecule has 1 aliphatic heterocycles. The Morgan fingerprint density at radius 3 is 2.93 bits per heavy atom. The van der Waals surface area contributed by atoms with Gasteiger partial charge in [-0.3, -0.25) is 10.1 Å². The van der Waals surface area contributed by atoms with E-state index >= 15 is 0 Å². The van der Waals surface area contributed by atoms with Crippen molar-refractivity contribution in [2.45, 2.75) is 19.4 Å². The highest BCUT2D eigenvalue weighted by Crippen LogP contribution is 2.21. The average Bonchev–Trinajstić information content (AvgIpc) is 2.65. The molecule has 0 saturated heterocycles. The molecule has 4 heteroatoms. The Morgan fingerprint density at radius 1 is 1.86 bits per heavy atom. The highest BCUT2D eigenvalue weighted by Gasteiger charge is 2.22. The zero-order valence-corrected chi connectivity index (χ0v) is 8.10. The highest BCUT2D eigenvalue weighted by molar-refractivity contribution is 5.26. The van der Waals surface area contributed by atoms with Crippen molar-refractivity contribution in [1.82, 2.24) is 0 Å². The van der Waals surface area contributed by atoms with Crippen LogP contribution in [0.25, 0.3) is 0 Å². The van der Waals surface area contributed by atoms with E-state index in [9.17, 15) is 10.1 Å². The predicted octanol–water partition coefficient (Wildman–Crippen LogP) is 2.07. The summed E-state index contributed by atoms with van der Waals surface area (Å²) in [7, 11) is 0. The van der Waals surface area contributed by atoms with Gasteiger partial charge in [0, 0.05) is 11.6 Å². The van der Waals surface area contributed by atoms with E-state index in [1.54, 1.807) is 0 Å². The van der Waals surface area contributed by atoms with Gasteiger partial charge in [0.1, 0.15) is 6.10 Å². The third kappa shape index (κ3) is 2.09. The lowest BCUT2D eigenvalue weighted by Crippen LogP contribution is -2.13. The van der Waals surface area contributed by atoms with E-state index in [1.165, 1.54) is 6.08 Å². The fourth-order valence-corrected chi connectivity index (χ4v) is 1.46. The second-order valence-electron chi connectivity index (χ2n) is 2.91. The molecule has 1 heterocycles. The van der Waals surface area contributed by atoms with Gasteiger partial charge in [-0.25, -0.2) is 0 Å². The van der Waals surface area contributed by atoms with Crippen LogP contribution < -0.4 is 0 Å². The van der Waals surface area contributed by atoms with E-state index < -0.39 is 4.92 Å². The van der Waals surface area contributed by atoms with Crippen molar-refractivity contribution in [3.05, 3.63) is 46.2 Å². The van der Waals surface area contributed by atoms with Gasteiger partial charge >= 0.3 is 0 Å². The zero-order valence-electron chi connectivity index (χ0n) is 8.10. The molecule has 4 nitrogen and oxygen atoms in total. The Balaban J connectivity index is 3.01. The summed E-state index contributed by atoms with van der Waals surface area (Å²) in [6.07, 6.45) is 5.32. The van der Waals surface area contributed by atoms with Crippen molar-refractivity contribution in [3.8, 4) is 0 Å². The summed E-state index contributed by atoms with van der Waals surface area (Å²) in [6.45, 7) is 5.84. The maximum Gasteiger partial charge on any atom is 0.270 e. The van der Waals surface area contributed by atoms with Gasteiger partial charge in [-0.1, -0.05) is 25.7 Å². The summed E-state index contributed by atoms with van der Waals surface area (Å²) in [4.78, 5) is 10.3. The first kappa shape index (κ1) is 10.7. The summed E-state index contributed by atoms with van der Waals surface area (Å²) < 4.78 is 5.32. The number of ether oxygens (including phenoxy) is 1. The van der Waals surface area contributed by atoms with Crippen LogP contribution in [0, 0.1) is 10.1 Å². The van der Waals surface area contributed by atoms with Crippen LogP contribution in [0.1, 0.15) is 13.3 Å². The van der Waals surface area contributed by atoms with Gasteiger partial charge in [-0.05, 0) is 6.42 Å². The van der Waals surface area contributed by atoms with Gasteiger partial charge in [0.15, 0.2) is 0 Å². The maximum atomic E-state index is 10.7. The highest BCUT2D eigenvalue weighted by atomic mass is 16.6. The van der Waals surface area contributed by atoms with Crippen molar-refractivity contribution in [3.63, 3.8) is 0 Å². The molecule has 0 amide bonds. The van der Waals surface area contributed by atoms with Gasteiger partial charge in [-0.15, -0.1) is 0 Å². The molecule has 1 unspecified atom stereocenters. The van der Waals surface area contributed by atoms with Crippen molar-refractivity contribution in [2.75, 3.05) is 6.61 Å². The predicted molar refractivity (Wildman–Crippen MR) is 53.4 cm³/mol. The van der Waals surface area contributed by atoms with Crippen LogP contribution in [-0.2, 0) is 4.74 Å². The smallest absolute Gasteiger partial charge is 0.270 e. The molecular formula is C10H13NO3. The molecule has 0 aliphatic carbocycles. The zero-order chi connectivity index (χ0) is 10.6. The Morgan fingerprint density at radius 2 is 2.57 bits per heavy atom. The Kier molecular flexibility index (Phi) is 3.59. The molecule has 1 atom stereocenters. The fourth-order valence-electron chi connectivity index (χ4n) is 1.46. The molecule has 0 spiro atoms. The third-order valence-electron chi connectivity index (χ3n) is 2.13. The number of allylic oxidation sites excluding steroid dienone is 1. The van der Waals surface area contributed by atoms with Gasteiger partial charge in [0.2, 0.25) is 0 Å². The second-order valence-corrected chi connectivity index (χ2v) is 2.91. The molecule has 1 aliphatic rings. The summed E-state index contributed by atoms with van der Waals surface area (Å²) in [5.41, 5.74) is 0.739. The molecule has 0 aromatic carbocycles. The molecule has 0 N–H and O–H groups in total. The molecule has 0 aromatic rings. The minimum absolute atomic E-state index is 0.0593. The fraction of sp³-hybridized carbons (Fsp3) is 0.400. The second kappa shape index (κ2) is 4.72. The number of rotatable bonds is 4. The molecule has 0 bridgehead atoms. The third-order valence-corrected chi connectivity index (χ3v) is 2.13. The van der Waals surface area contributed by atoms with E-state index in [1.807, 2.05) is 19.1 Å². The Bertz CT molecular complexity index is 304. The summed E-state index contributed by atoms with van der Waals surface area (Å²) in [6, 6.07) is 0. The molecule has 0 radical (unpaired) electrons. The minimum Gasteiger partial charge on any atom is -0.365 e. The van der Waals surface area contributed by atoms with Crippen LogP contribution in [0.4, 0.5) is 0 Å². The van der Waals surface area contributed by atoms with Gasteiger partial charge < -0.3 is 4.74 Å². The molecule has 14 heavy (non-hydrogen) atoms. The van der Waals surface area contributed by atoms with E-state index in [-0.39, 0.29) is 11.8 Å². The largest absolute Gasteiger partial charge is 0.365 e. The summed E-state index contributed by atoms with van der Waals surface area (Å²) in [5, 5.41) is 10.7. The molecule has 0 saturated carbocycles. The Hall–Kier alpha value is -1.42. The van der Waals surface area contributed by atoms with Crippen LogP contribution in [0.2, 0.25) is 0 Å². The standard InChI is InChI=1S/C10H13NO3/c1-3-8(9(4-2)11(12)13)10-6-5-7-14-10/h4-6,10H,2-3,7H2,1H3/b9-8-. The topological polar surface area (TPSA) is 52.4 Å². The van der Waals surface area contributed by atoms with Crippen LogP contribution in [0.3, 0.4) is 0 Å². The van der Waals surface area contributed by atoms with Crippen molar-refractivity contribution in [1.29, 1.82) is 0 Å². The number of nitrogens with zero attached hydrogens (tertiary/aromatic N) is 1. The van der Waals surface area contributed by atoms with Crippen LogP contribution in [0.5, 0.6) is 0 Å². The number of hydrogen-bond acceptors (Lipinski definition) is 3. The van der Waals surface area contributed by atoms with E-state index in [2.05, 4.69) is 6.58 Å². The average molecular weight is 195 g/mol. The Labute approximate surface area is 82.7 Å². The SMILES string of the molecule is C=C/C(=C(\CC)C1C=CCO1)[N+](=O)[O-].